The van der Waals surface area contributed by atoms with Gasteiger partial charge >= 0.3 is 6.18 Å². The molecule has 0 bridgehead atoms. The van der Waals surface area contributed by atoms with Crippen molar-refractivity contribution in [3.05, 3.63) is 87.0 Å². The zero-order valence-electron chi connectivity index (χ0n) is 19.1. The molecule has 10 heteroatoms. The summed E-state index contributed by atoms with van der Waals surface area (Å²) in [7, 11) is 0. The number of fused-ring (bicyclic) bond motifs is 1. The number of carbonyl (C=O) groups excluding carboxylic acids is 1. The summed E-state index contributed by atoms with van der Waals surface area (Å²) in [5.41, 5.74) is 1.39. The maximum absolute atomic E-state index is 13.7. The Morgan fingerprint density at radius 3 is 2.40 bits per heavy atom. The van der Waals surface area contributed by atoms with E-state index in [-0.39, 0.29) is 23.4 Å². The first-order chi connectivity index (χ1) is 16.5. The topological polar surface area (TPSA) is 51.0 Å². The minimum atomic E-state index is -4.71. The first-order valence-corrected chi connectivity index (χ1v) is 11.6. The normalized spacial score (nSPS) is 11.8. The number of hydrogen-bond donors (Lipinski definition) is 0. The van der Waals surface area contributed by atoms with E-state index in [1.807, 2.05) is 0 Å². The number of rotatable bonds is 5. The molecule has 35 heavy (non-hydrogen) atoms. The van der Waals surface area contributed by atoms with Gasteiger partial charge in [-0.3, -0.25) is 9.48 Å². The number of amides is 1. The van der Waals surface area contributed by atoms with Crippen molar-refractivity contribution in [1.82, 2.24) is 14.8 Å². The predicted octanol–water partition coefficient (Wildman–Crippen LogP) is 6.68. The molecule has 0 aliphatic heterocycles. The average Bonchev–Trinajstić information content (AvgIpc) is 3.07. The number of hydrogen-bond acceptors (Lipinski definition) is 3. The molecule has 0 radical (unpaired) electrons. The quantitative estimate of drug-likeness (QED) is 0.261. The second-order valence-corrected chi connectivity index (χ2v) is 8.98. The second-order valence-electron chi connectivity index (χ2n) is 8.07. The Morgan fingerprint density at radius 2 is 1.77 bits per heavy atom. The zero-order valence-corrected chi connectivity index (χ0v) is 20.7. The van der Waals surface area contributed by atoms with E-state index in [2.05, 4.69) is 26.0 Å². The van der Waals surface area contributed by atoms with Crippen LogP contribution in [0.3, 0.4) is 0 Å². The van der Waals surface area contributed by atoms with Gasteiger partial charge in [-0.05, 0) is 62.7 Å². The molecular formula is C25H21BrF4N4O. The van der Waals surface area contributed by atoms with Crippen molar-refractivity contribution in [3.63, 3.8) is 0 Å². The Morgan fingerprint density at radius 1 is 1.09 bits per heavy atom. The molecule has 182 valence electrons. The summed E-state index contributed by atoms with van der Waals surface area (Å²) in [6.07, 6.45) is -4.71. The van der Waals surface area contributed by atoms with Crippen molar-refractivity contribution in [1.29, 1.82) is 0 Å². The Balaban J connectivity index is 1.80. The van der Waals surface area contributed by atoms with Crippen LogP contribution in [0.25, 0.3) is 10.9 Å². The monoisotopic (exact) mass is 548 g/mol. The van der Waals surface area contributed by atoms with Crippen LogP contribution in [0.15, 0.2) is 53.0 Å². The molecule has 0 spiro atoms. The first-order valence-electron chi connectivity index (χ1n) is 10.8. The number of benzene rings is 2. The highest BCUT2D eigenvalue weighted by Crippen LogP contribution is 2.34. The average molecular weight is 549 g/mol. The van der Waals surface area contributed by atoms with E-state index < -0.39 is 17.8 Å². The standard InChI is InChI=1S/C25H21BrF4N4O/c1-4-33(23-14(2)32-34(15(23)3)13-16-5-8-18(27)9-6-16)24(35)20-12-22(25(28,29)30)31-21-10-7-17(26)11-19(20)21/h5-12H,4,13H2,1-3H3. The molecule has 2 aromatic carbocycles. The lowest BCUT2D eigenvalue weighted by Gasteiger charge is -2.23. The molecule has 1 amide bonds. The van der Waals surface area contributed by atoms with E-state index in [1.165, 1.54) is 23.1 Å². The van der Waals surface area contributed by atoms with Crippen molar-refractivity contribution >= 4 is 38.4 Å². The van der Waals surface area contributed by atoms with Gasteiger partial charge in [0.25, 0.3) is 5.91 Å². The molecule has 5 nitrogen and oxygen atoms in total. The molecule has 0 unspecified atom stereocenters. The van der Waals surface area contributed by atoms with E-state index in [4.69, 9.17) is 0 Å². The highest BCUT2D eigenvalue weighted by molar-refractivity contribution is 9.10. The van der Waals surface area contributed by atoms with Crippen LogP contribution in [0.1, 0.15) is 39.9 Å². The maximum Gasteiger partial charge on any atom is 0.433 e. The Hall–Kier alpha value is -3.27. The third kappa shape index (κ3) is 4.93. The van der Waals surface area contributed by atoms with Crippen molar-refractivity contribution < 1.29 is 22.4 Å². The summed E-state index contributed by atoms with van der Waals surface area (Å²) in [5.74, 6) is -0.934. The highest BCUT2D eigenvalue weighted by atomic mass is 79.9. The highest BCUT2D eigenvalue weighted by Gasteiger charge is 2.35. The van der Waals surface area contributed by atoms with E-state index in [9.17, 15) is 22.4 Å². The fraction of sp³-hybridized carbons (Fsp3) is 0.240. The number of pyridine rings is 1. The largest absolute Gasteiger partial charge is 0.433 e. The molecule has 4 aromatic rings. The molecule has 0 fully saturated rings. The number of alkyl halides is 3. The lowest BCUT2D eigenvalue weighted by molar-refractivity contribution is -0.140. The van der Waals surface area contributed by atoms with Crippen LogP contribution in [-0.4, -0.2) is 27.2 Å². The minimum Gasteiger partial charge on any atom is -0.305 e. The van der Waals surface area contributed by atoms with Crippen LogP contribution >= 0.6 is 15.9 Å². The van der Waals surface area contributed by atoms with Crippen LogP contribution < -0.4 is 4.90 Å². The second kappa shape index (κ2) is 9.41. The van der Waals surface area contributed by atoms with Crippen molar-refractivity contribution in [3.8, 4) is 0 Å². The summed E-state index contributed by atoms with van der Waals surface area (Å²) in [4.78, 5) is 18.9. The van der Waals surface area contributed by atoms with E-state index in [0.29, 0.717) is 33.5 Å². The van der Waals surface area contributed by atoms with Gasteiger partial charge in [0.2, 0.25) is 0 Å². The molecule has 0 N–H and O–H groups in total. The van der Waals surface area contributed by atoms with Crippen LogP contribution in [0.4, 0.5) is 23.2 Å². The molecule has 0 saturated heterocycles. The Bertz CT molecular complexity index is 1410. The van der Waals surface area contributed by atoms with Crippen molar-refractivity contribution in [2.45, 2.75) is 33.5 Å². The van der Waals surface area contributed by atoms with Crippen LogP contribution in [0.2, 0.25) is 0 Å². The number of carbonyl (C=O) groups is 1. The van der Waals surface area contributed by atoms with Crippen molar-refractivity contribution in [2.75, 3.05) is 11.4 Å². The van der Waals surface area contributed by atoms with Gasteiger partial charge in [0.1, 0.15) is 11.5 Å². The van der Waals surface area contributed by atoms with Gasteiger partial charge in [-0.1, -0.05) is 28.1 Å². The summed E-state index contributed by atoms with van der Waals surface area (Å²) in [6.45, 7) is 5.83. The third-order valence-corrected chi connectivity index (χ3v) is 6.21. The van der Waals surface area contributed by atoms with Gasteiger partial charge in [0.15, 0.2) is 0 Å². The number of nitrogens with zero attached hydrogens (tertiary/aromatic N) is 4. The van der Waals surface area contributed by atoms with Gasteiger partial charge in [0.05, 0.1) is 34.7 Å². The zero-order chi connectivity index (χ0) is 25.5. The summed E-state index contributed by atoms with van der Waals surface area (Å²) >= 11 is 3.32. The van der Waals surface area contributed by atoms with Gasteiger partial charge in [-0.2, -0.15) is 18.3 Å². The molecule has 4 rings (SSSR count). The van der Waals surface area contributed by atoms with Crippen LogP contribution in [-0.2, 0) is 12.7 Å². The van der Waals surface area contributed by atoms with Crippen molar-refractivity contribution in [2.24, 2.45) is 0 Å². The van der Waals surface area contributed by atoms with Gasteiger partial charge < -0.3 is 4.90 Å². The molecule has 0 atom stereocenters. The Labute approximate surface area is 207 Å². The van der Waals surface area contributed by atoms with Gasteiger partial charge in [-0.15, -0.1) is 0 Å². The summed E-state index contributed by atoms with van der Waals surface area (Å²) in [5, 5.41) is 4.85. The third-order valence-electron chi connectivity index (χ3n) is 5.71. The summed E-state index contributed by atoms with van der Waals surface area (Å²) in [6, 6.07) is 11.4. The maximum atomic E-state index is 13.7. The summed E-state index contributed by atoms with van der Waals surface area (Å²) < 4.78 is 56.3. The molecule has 0 aliphatic carbocycles. The molecule has 2 heterocycles. The molecular weight excluding hydrogens is 528 g/mol. The number of anilines is 1. The van der Waals surface area contributed by atoms with Gasteiger partial charge in [-0.25, -0.2) is 9.37 Å². The van der Waals surface area contributed by atoms with E-state index in [1.54, 1.807) is 49.7 Å². The number of aryl methyl sites for hydroxylation is 1. The fourth-order valence-electron chi connectivity index (χ4n) is 4.06. The van der Waals surface area contributed by atoms with E-state index >= 15 is 0 Å². The molecule has 0 aliphatic rings. The van der Waals surface area contributed by atoms with Crippen LogP contribution in [0.5, 0.6) is 0 Å². The lowest BCUT2D eigenvalue weighted by Crippen LogP contribution is -2.32. The smallest absolute Gasteiger partial charge is 0.305 e. The lowest BCUT2D eigenvalue weighted by atomic mass is 10.1. The number of aromatic nitrogens is 3. The molecule has 2 aromatic heterocycles. The fourth-order valence-corrected chi connectivity index (χ4v) is 4.42. The van der Waals surface area contributed by atoms with E-state index in [0.717, 1.165) is 11.6 Å². The van der Waals surface area contributed by atoms with Crippen LogP contribution in [0, 0.1) is 19.7 Å². The molecule has 0 saturated carbocycles. The predicted molar refractivity (Wildman–Crippen MR) is 129 cm³/mol. The SMILES string of the molecule is CCN(C(=O)c1cc(C(F)(F)F)nc2ccc(Br)cc12)c1c(C)nn(Cc2ccc(F)cc2)c1C. The van der Waals surface area contributed by atoms with Gasteiger partial charge in [0, 0.05) is 16.4 Å². The minimum absolute atomic E-state index is 0.0721. The first kappa shape index (κ1) is 24.8. The Kier molecular flexibility index (Phi) is 6.68. The number of halogens is 5.